The van der Waals surface area contributed by atoms with Crippen LogP contribution in [0.25, 0.3) is 0 Å². The zero-order valence-corrected chi connectivity index (χ0v) is 18.8. The summed E-state index contributed by atoms with van der Waals surface area (Å²) in [7, 11) is -1.06. The molecule has 1 fully saturated rings. The van der Waals surface area contributed by atoms with Crippen LogP contribution >= 0.6 is 11.8 Å². The lowest BCUT2D eigenvalue weighted by Crippen LogP contribution is -2.51. The van der Waals surface area contributed by atoms with Gasteiger partial charge in [-0.15, -0.1) is 0 Å². The molecule has 0 bridgehead atoms. The number of rotatable bonds is 11. The topological polar surface area (TPSA) is 66.0 Å². The maximum atomic E-state index is 12.0. The number of unbranched alkanes of at least 4 members (excludes halogenated alkanes) is 1. The molecule has 2 atom stereocenters. The first-order valence-electron chi connectivity index (χ1n) is 10.1. The number of benzene rings is 1. The molecule has 6 nitrogen and oxygen atoms in total. The fraction of sp³-hybridized carbons (Fsp3) is 0.650. The third-order valence-corrected chi connectivity index (χ3v) is 8.33. The van der Waals surface area contributed by atoms with E-state index in [4.69, 9.17) is 18.1 Å². The van der Waals surface area contributed by atoms with E-state index in [1.54, 1.807) is 7.11 Å². The van der Waals surface area contributed by atoms with Gasteiger partial charge in [-0.05, 0) is 37.3 Å². The summed E-state index contributed by atoms with van der Waals surface area (Å²) in [6.07, 6.45) is 5.46. The van der Waals surface area contributed by atoms with Crippen LogP contribution in [0.15, 0.2) is 30.3 Å². The van der Waals surface area contributed by atoms with E-state index < -0.39 is 8.80 Å². The fourth-order valence-electron chi connectivity index (χ4n) is 3.02. The van der Waals surface area contributed by atoms with Gasteiger partial charge < -0.3 is 13.6 Å². The van der Waals surface area contributed by atoms with Crippen molar-refractivity contribution < 1.29 is 22.9 Å². The van der Waals surface area contributed by atoms with Crippen molar-refractivity contribution in [2.45, 2.75) is 45.1 Å². The quantitative estimate of drug-likeness (QED) is 0.422. The molecule has 28 heavy (non-hydrogen) atoms. The Labute approximate surface area is 174 Å². The third kappa shape index (κ3) is 8.63. The molecule has 0 aliphatic carbocycles. The first kappa shape index (κ1) is 23.4. The second kappa shape index (κ2) is 13.3. The average Bonchev–Trinajstić information content (AvgIpc) is 2.71. The Morgan fingerprint density at radius 1 is 1.32 bits per heavy atom. The van der Waals surface area contributed by atoms with E-state index in [0.717, 1.165) is 19.4 Å². The largest absolute Gasteiger partial charge is 0.517 e. The van der Waals surface area contributed by atoms with Gasteiger partial charge in [-0.3, -0.25) is 9.32 Å². The maximum Gasteiger partial charge on any atom is 0.517 e. The second-order valence-corrected chi connectivity index (χ2v) is 10.8. The molecule has 1 aliphatic rings. The summed E-state index contributed by atoms with van der Waals surface area (Å²) in [5, 5.41) is 0.0216. The molecule has 158 valence electrons. The molecule has 1 aliphatic heterocycles. The van der Waals surface area contributed by atoms with Crippen LogP contribution in [0.1, 0.15) is 39.0 Å². The van der Waals surface area contributed by atoms with Crippen molar-refractivity contribution in [1.29, 1.82) is 0 Å². The molecule has 1 heterocycles. The van der Waals surface area contributed by atoms with Gasteiger partial charge in [0.25, 0.3) is 0 Å². The van der Waals surface area contributed by atoms with Crippen molar-refractivity contribution in [2.75, 3.05) is 32.6 Å². The molecular weight excluding hydrogens is 394 g/mol. The van der Waals surface area contributed by atoms with Crippen molar-refractivity contribution in [1.82, 2.24) is 5.48 Å². The molecule has 0 aromatic heterocycles. The van der Waals surface area contributed by atoms with Gasteiger partial charge >= 0.3 is 8.80 Å². The SMILES string of the molecule is CCCCC1CCO[Si](CCCSC(=O)COc2ccccc2)(OC)ONC1. The number of nitrogens with one attached hydrogen (secondary N) is 1. The van der Waals surface area contributed by atoms with E-state index in [2.05, 4.69) is 12.4 Å². The highest BCUT2D eigenvalue weighted by molar-refractivity contribution is 8.13. The average molecular weight is 428 g/mol. The Kier molecular flexibility index (Phi) is 11.1. The molecule has 1 saturated heterocycles. The van der Waals surface area contributed by atoms with Crippen LogP contribution in [-0.4, -0.2) is 46.5 Å². The molecule has 1 aromatic rings. The number of para-hydroxylation sites is 1. The van der Waals surface area contributed by atoms with Gasteiger partial charge in [0.05, 0.1) is 0 Å². The van der Waals surface area contributed by atoms with Crippen molar-refractivity contribution in [3.05, 3.63) is 30.3 Å². The number of hydrogen-bond acceptors (Lipinski definition) is 7. The Bertz CT molecular complexity index is 553. The van der Waals surface area contributed by atoms with Crippen LogP contribution in [0, 0.1) is 5.92 Å². The summed E-state index contributed by atoms with van der Waals surface area (Å²) in [4.78, 5) is 12.0. The highest BCUT2D eigenvalue weighted by Crippen LogP contribution is 2.23. The van der Waals surface area contributed by atoms with E-state index in [-0.39, 0.29) is 11.7 Å². The van der Waals surface area contributed by atoms with Crippen molar-refractivity contribution in [3.63, 3.8) is 0 Å². The molecule has 0 spiro atoms. The lowest BCUT2D eigenvalue weighted by molar-refractivity contribution is -0.112. The van der Waals surface area contributed by atoms with E-state index >= 15 is 0 Å². The van der Waals surface area contributed by atoms with E-state index in [1.165, 1.54) is 31.0 Å². The molecule has 1 N–H and O–H groups in total. The van der Waals surface area contributed by atoms with Crippen LogP contribution < -0.4 is 10.2 Å². The van der Waals surface area contributed by atoms with Gasteiger partial charge in [-0.1, -0.05) is 49.7 Å². The zero-order chi connectivity index (χ0) is 20.1. The van der Waals surface area contributed by atoms with Crippen molar-refractivity contribution in [2.24, 2.45) is 5.92 Å². The highest BCUT2D eigenvalue weighted by atomic mass is 32.2. The van der Waals surface area contributed by atoms with Crippen LogP contribution in [0.5, 0.6) is 5.75 Å². The molecule has 1 aromatic carbocycles. The van der Waals surface area contributed by atoms with Crippen LogP contribution in [0.3, 0.4) is 0 Å². The molecule has 8 heteroatoms. The summed E-state index contributed by atoms with van der Waals surface area (Å²) in [6.45, 7) is 3.80. The molecule has 0 saturated carbocycles. The summed E-state index contributed by atoms with van der Waals surface area (Å²) in [5.41, 5.74) is 3.09. The monoisotopic (exact) mass is 427 g/mol. The van der Waals surface area contributed by atoms with Gasteiger partial charge in [0.2, 0.25) is 5.12 Å². The van der Waals surface area contributed by atoms with E-state index in [1.807, 2.05) is 30.3 Å². The molecular formula is C20H33NO5SSi. The van der Waals surface area contributed by atoms with Gasteiger partial charge in [-0.25, -0.2) is 5.48 Å². The normalized spacial score (nSPS) is 23.0. The van der Waals surface area contributed by atoms with Crippen molar-refractivity contribution >= 4 is 25.7 Å². The lowest BCUT2D eigenvalue weighted by atomic mass is 9.99. The van der Waals surface area contributed by atoms with Crippen LogP contribution in [0.2, 0.25) is 6.04 Å². The Balaban J connectivity index is 1.65. The van der Waals surface area contributed by atoms with Gasteiger partial charge in [0.1, 0.15) is 5.75 Å². The maximum absolute atomic E-state index is 12.0. The number of thioether (sulfide) groups is 1. The zero-order valence-electron chi connectivity index (χ0n) is 17.0. The van der Waals surface area contributed by atoms with Gasteiger partial charge in [0.15, 0.2) is 6.61 Å². The molecule has 2 rings (SSSR count). The predicted molar refractivity (Wildman–Crippen MR) is 114 cm³/mol. The number of hydrogen-bond donors (Lipinski definition) is 1. The first-order chi connectivity index (χ1) is 13.7. The van der Waals surface area contributed by atoms with Crippen LogP contribution in [-0.2, 0) is 18.2 Å². The smallest absolute Gasteiger partial charge is 0.485 e. The summed E-state index contributed by atoms with van der Waals surface area (Å²) in [5.74, 6) is 1.99. The number of ether oxygens (including phenoxy) is 1. The minimum absolute atomic E-state index is 0.0216. The number of carbonyl (C=O) groups is 1. The van der Waals surface area contributed by atoms with Gasteiger partial charge in [0, 0.05) is 32.1 Å². The standard InChI is InChI=1S/C20H33NO5SSi/c1-3-4-9-18-12-13-25-28(23-2,26-21-16-18)15-8-14-27-20(22)17-24-19-10-6-5-7-11-19/h5-7,10-11,18,21H,3-4,8-9,12-17H2,1-2H3. The van der Waals surface area contributed by atoms with Gasteiger partial charge in [-0.2, -0.15) is 0 Å². The predicted octanol–water partition coefficient (Wildman–Crippen LogP) is 4.05. The molecule has 2 unspecified atom stereocenters. The van der Waals surface area contributed by atoms with E-state index in [9.17, 15) is 4.79 Å². The van der Waals surface area contributed by atoms with Crippen molar-refractivity contribution in [3.8, 4) is 5.75 Å². The summed E-state index contributed by atoms with van der Waals surface area (Å²) >= 11 is 1.28. The second-order valence-electron chi connectivity index (χ2n) is 6.91. The summed E-state index contributed by atoms with van der Waals surface area (Å²) < 4.78 is 23.1. The molecule has 0 amide bonds. The third-order valence-electron chi connectivity index (χ3n) is 4.71. The minimum atomic E-state index is -2.71. The minimum Gasteiger partial charge on any atom is -0.485 e. The highest BCUT2D eigenvalue weighted by Gasteiger charge is 2.41. The van der Waals surface area contributed by atoms with E-state index in [0.29, 0.717) is 30.1 Å². The Hall–Kier alpha value is -0.903. The Morgan fingerprint density at radius 3 is 2.89 bits per heavy atom. The lowest BCUT2D eigenvalue weighted by Gasteiger charge is -2.32. The summed E-state index contributed by atoms with van der Waals surface area (Å²) in [6, 6.07) is 10.1. The fourth-order valence-corrected chi connectivity index (χ4v) is 5.99. The van der Waals surface area contributed by atoms with Crippen LogP contribution in [0.4, 0.5) is 0 Å². The number of carbonyl (C=O) groups excluding carboxylic acids is 1. The number of hydroxylamine groups is 1. The Morgan fingerprint density at radius 2 is 2.14 bits per heavy atom. The molecule has 0 radical (unpaired) electrons. The first-order valence-corrected chi connectivity index (χ1v) is 13.0.